The van der Waals surface area contributed by atoms with Crippen molar-refractivity contribution in [3.05, 3.63) is 23.4 Å². The summed E-state index contributed by atoms with van der Waals surface area (Å²) in [7, 11) is 0. The van der Waals surface area contributed by atoms with Gasteiger partial charge in [0.25, 0.3) is 0 Å². The average molecular weight is 289 g/mol. The first kappa shape index (κ1) is 16.3. The van der Waals surface area contributed by atoms with Crippen LogP contribution >= 0.6 is 0 Å². The maximum Gasteiger partial charge on any atom is 0.129 e. The van der Waals surface area contributed by atoms with Crippen LogP contribution in [0.5, 0.6) is 0 Å². The summed E-state index contributed by atoms with van der Waals surface area (Å²) >= 11 is 0. The summed E-state index contributed by atoms with van der Waals surface area (Å²) in [6, 6.07) is 5.20. The lowest BCUT2D eigenvalue weighted by atomic mass is 10.1. The first-order valence-corrected chi connectivity index (χ1v) is 8.57. The topological polar surface area (TPSA) is 28.2 Å². The zero-order valence-electron chi connectivity index (χ0n) is 14.2. The fourth-order valence-electron chi connectivity index (χ4n) is 3.05. The Balaban J connectivity index is 2.13. The van der Waals surface area contributed by atoms with Gasteiger partial charge in [-0.2, -0.15) is 0 Å². The van der Waals surface area contributed by atoms with Crippen LogP contribution in [-0.2, 0) is 13.0 Å². The fraction of sp³-hybridized carbons (Fsp3) is 0.722. The maximum absolute atomic E-state index is 4.90. The summed E-state index contributed by atoms with van der Waals surface area (Å²) in [5.74, 6) is 1.88. The molecule has 1 fully saturated rings. The molecule has 2 rings (SSSR count). The molecule has 1 aromatic rings. The van der Waals surface area contributed by atoms with Crippen LogP contribution in [0.15, 0.2) is 12.1 Å². The lowest BCUT2D eigenvalue weighted by Crippen LogP contribution is -2.28. The minimum absolute atomic E-state index is 0.630. The Morgan fingerprint density at radius 3 is 2.81 bits per heavy atom. The summed E-state index contributed by atoms with van der Waals surface area (Å²) in [5.41, 5.74) is 2.62. The highest BCUT2D eigenvalue weighted by atomic mass is 15.2. The molecule has 0 aromatic carbocycles. The molecule has 2 heterocycles. The van der Waals surface area contributed by atoms with Crippen LogP contribution in [0.4, 0.5) is 5.82 Å². The number of nitrogens with one attached hydrogen (secondary N) is 1. The van der Waals surface area contributed by atoms with E-state index in [4.69, 9.17) is 4.98 Å². The number of anilines is 1. The Kier molecular flexibility index (Phi) is 6.04. The maximum atomic E-state index is 4.90. The molecule has 1 N–H and O–H groups in total. The zero-order valence-corrected chi connectivity index (χ0v) is 14.2. The number of aromatic nitrogens is 1. The number of nitrogens with zero attached hydrogens (tertiary/aromatic N) is 2. The van der Waals surface area contributed by atoms with E-state index in [1.54, 1.807) is 0 Å². The molecule has 1 aliphatic heterocycles. The van der Waals surface area contributed by atoms with Gasteiger partial charge in [0, 0.05) is 24.8 Å². The molecule has 0 spiro atoms. The van der Waals surface area contributed by atoms with E-state index < -0.39 is 0 Å². The van der Waals surface area contributed by atoms with E-state index in [9.17, 15) is 0 Å². The van der Waals surface area contributed by atoms with Gasteiger partial charge in [0.1, 0.15) is 5.82 Å². The Hall–Kier alpha value is -1.09. The van der Waals surface area contributed by atoms with Gasteiger partial charge in [-0.25, -0.2) is 4.98 Å². The average Bonchev–Trinajstić information content (AvgIpc) is 2.85. The summed E-state index contributed by atoms with van der Waals surface area (Å²) in [6.45, 7) is 12.2. The molecule has 0 aliphatic carbocycles. The normalized spacial score (nSPS) is 18.7. The van der Waals surface area contributed by atoms with Crippen LogP contribution in [0.2, 0.25) is 0 Å². The summed E-state index contributed by atoms with van der Waals surface area (Å²) in [4.78, 5) is 7.37. The third-order valence-corrected chi connectivity index (χ3v) is 4.16. The first-order valence-electron chi connectivity index (χ1n) is 8.57. The number of pyridine rings is 1. The molecule has 0 amide bonds. The SMILES string of the molecule is CCCc1cc(CNCC(C)C)cc(N2CCCC2C)n1. The van der Waals surface area contributed by atoms with Crippen molar-refractivity contribution >= 4 is 5.82 Å². The highest BCUT2D eigenvalue weighted by molar-refractivity contribution is 5.44. The molecular formula is C18H31N3. The highest BCUT2D eigenvalue weighted by Crippen LogP contribution is 2.25. The van der Waals surface area contributed by atoms with Crippen molar-refractivity contribution in [3.8, 4) is 0 Å². The van der Waals surface area contributed by atoms with E-state index in [-0.39, 0.29) is 0 Å². The second-order valence-corrected chi connectivity index (χ2v) is 6.78. The van der Waals surface area contributed by atoms with Crippen LogP contribution in [0.1, 0.15) is 58.2 Å². The number of rotatable bonds is 7. The van der Waals surface area contributed by atoms with Crippen LogP contribution in [0.25, 0.3) is 0 Å². The van der Waals surface area contributed by atoms with Crippen molar-refractivity contribution in [3.63, 3.8) is 0 Å². The summed E-state index contributed by atoms with van der Waals surface area (Å²) in [6.07, 6.45) is 4.82. The molecule has 1 unspecified atom stereocenters. The number of aryl methyl sites for hydroxylation is 1. The molecular weight excluding hydrogens is 258 g/mol. The van der Waals surface area contributed by atoms with Crippen molar-refractivity contribution in [1.29, 1.82) is 0 Å². The Bertz CT molecular complexity index is 442. The quantitative estimate of drug-likeness (QED) is 0.828. The Morgan fingerprint density at radius 1 is 1.38 bits per heavy atom. The smallest absolute Gasteiger partial charge is 0.129 e. The Morgan fingerprint density at radius 2 is 2.19 bits per heavy atom. The fourth-order valence-corrected chi connectivity index (χ4v) is 3.05. The molecule has 1 aromatic heterocycles. The predicted octanol–water partition coefficient (Wildman–Crippen LogP) is 3.77. The minimum Gasteiger partial charge on any atom is -0.354 e. The first-order chi connectivity index (χ1) is 10.1. The highest BCUT2D eigenvalue weighted by Gasteiger charge is 2.22. The van der Waals surface area contributed by atoms with Gasteiger partial charge in [-0.15, -0.1) is 0 Å². The van der Waals surface area contributed by atoms with Crippen LogP contribution in [0.3, 0.4) is 0 Å². The molecule has 0 saturated carbocycles. The molecule has 0 radical (unpaired) electrons. The molecule has 1 saturated heterocycles. The van der Waals surface area contributed by atoms with E-state index in [1.165, 1.54) is 29.9 Å². The van der Waals surface area contributed by atoms with Crippen molar-refractivity contribution in [2.75, 3.05) is 18.0 Å². The third kappa shape index (κ3) is 4.70. The van der Waals surface area contributed by atoms with E-state index in [1.807, 2.05) is 0 Å². The number of hydrogen-bond acceptors (Lipinski definition) is 3. The van der Waals surface area contributed by atoms with Crippen LogP contribution < -0.4 is 10.2 Å². The van der Waals surface area contributed by atoms with Gasteiger partial charge in [-0.1, -0.05) is 27.2 Å². The minimum atomic E-state index is 0.630. The van der Waals surface area contributed by atoms with Gasteiger partial charge >= 0.3 is 0 Å². The molecule has 0 bridgehead atoms. The third-order valence-electron chi connectivity index (χ3n) is 4.16. The van der Waals surface area contributed by atoms with Gasteiger partial charge in [-0.3, -0.25) is 0 Å². The molecule has 118 valence electrons. The standard InChI is InChI=1S/C18H31N3/c1-5-7-17-10-16(13-19-12-14(2)3)11-18(20-17)21-9-6-8-15(21)4/h10-11,14-15,19H,5-9,12-13H2,1-4H3. The van der Waals surface area contributed by atoms with Gasteiger partial charge in [0.05, 0.1) is 0 Å². The largest absolute Gasteiger partial charge is 0.354 e. The van der Waals surface area contributed by atoms with Crippen molar-refractivity contribution < 1.29 is 0 Å². The lowest BCUT2D eigenvalue weighted by Gasteiger charge is -2.24. The Labute approximate surface area is 130 Å². The predicted molar refractivity (Wildman–Crippen MR) is 90.8 cm³/mol. The molecule has 21 heavy (non-hydrogen) atoms. The summed E-state index contributed by atoms with van der Waals surface area (Å²) in [5, 5.41) is 3.55. The summed E-state index contributed by atoms with van der Waals surface area (Å²) < 4.78 is 0. The molecule has 1 atom stereocenters. The zero-order chi connectivity index (χ0) is 15.2. The van der Waals surface area contributed by atoms with E-state index in [0.29, 0.717) is 12.0 Å². The van der Waals surface area contributed by atoms with Crippen molar-refractivity contribution in [1.82, 2.24) is 10.3 Å². The second-order valence-electron chi connectivity index (χ2n) is 6.78. The van der Waals surface area contributed by atoms with Crippen molar-refractivity contribution in [2.45, 2.75) is 66.0 Å². The molecule has 1 aliphatic rings. The molecule has 3 heteroatoms. The lowest BCUT2D eigenvalue weighted by molar-refractivity contribution is 0.552. The second kappa shape index (κ2) is 7.79. The monoisotopic (exact) mass is 289 g/mol. The van der Waals surface area contributed by atoms with E-state index in [2.05, 4.69) is 50.0 Å². The number of hydrogen-bond donors (Lipinski definition) is 1. The van der Waals surface area contributed by atoms with Crippen molar-refractivity contribution in [2.24, 2.45) is 5.92 Å². The molecule has 3 nitrogen and oxygen atoms in total. The van der Waals surface area contributed by atoms with Gasteiger partial charge in [-0.05, 0) is 56.3 Å². The van der Waals surface area contributed by atoms with E-state index in [0.717, 1.165) is 32.5 Å². The van der Waals surface area contributed by atoms with Crippen LogP contribution in [0, 0.1) is 5.92 Å². The van der Waals surface area contributed by atoms with E-state index >= 15 is 0 Å². The van der Waals surface area contributed by atoms with Gasteiger partial charge in [0.15, 0.2) is 0 Å². The van der Waals surface area contributed by atoms with Gasteiger partial charge < -0.3 is 10.2 Å². The van der Waals surface area contributed by atoms with Gasteiger partial charge in [0.2, 0.25) is 0 Å². The van der Waals surface area contributed by atoms with Crippen LogP contribution in [-0.4, -0.2) is 24.1 Å².